The summed E-state index contributed by atoms with van der Waals surface area (Å²) in [6, 6.07) is 14.2. The average molecular weight is 296 g/mol. The van der Waals surface area contributed by atoms with Crippen molar-refractivity contribution in [3.05, 3.63) is 59.8 Å². The fourth-order valence-electron chi connectivity index (χ4n) is 3.02. The average Bonchev–Trinajstić information content (AvgIpc) is 2.88. The highest BCUT2D eigenvalue weighted by Crippen LogP contribution is 2.25. The monoisotopic (exact) mass is 296 g/mol. The van der Waals surface area contributed by atoms with Gasteiger partial charge in [0.1, 0.15) is 0 Å². The van der Waals surface area contributed by atoms with Crippen LogP contribution in [0.2, 0.25) is 0 Å². The molecule has 1 aromatic heterocycles. The standard InChI is InChI=1S/C18H20N2O2/c1-22-18-16(8-5-9-19-18)13-20-12-15(11-17(20)21)10-14-6-3-2-4-7-14/h2-9,15H,10-13H2,1H3/t15-/m0/s1. The Hall–Kier alpha value is -2.36. The highest BCUT2D eigenvalue weighted by Gasteiger charge is 2.30. The molecular weight excluding hydrogens is 276 g/mol. The summed E-state index contributed by atoms with van der Waals surface area (Å²) in [6.07, 6.45) is 3.27. The number of benzene rings is 1. The largest absolute Gasteiger partial charge is 0.481 e. The molecule has 2 aromatic rings. The molecule has 0 bridgehead atoms. The predicted molar refractivity (Wildman–Crippen MR) is 84.5 cm³/mol. The lowest BCUT2D eigenvalue weighted by Crippen LogP contribution is -2.25. The lowest BCUT2D eigenvalue weighted by molar-refractivity contribution is -0.128. The molecule has 2 heterocycles. The van der Waals surface area contributed by atoms with Crippen molar-refractivity contribution in [3.63, 3.8) is 0 Å². The molecule has 1 amide bonds. The van der Waals surface area contributed by atoms with Crippen molar-refractivity contribution in [2.75, 3.05) is 13.7 Å². The summed E-state index contributed by atoms with van der Waals surface area (Å²) in [5.41, 5.74) is 2.25. The molecule has 4 nitrogen and oxygen atoms in total. The molecule has 0 N–H and O–H groups in total. The molecule has 0 spiro atoms. The number of carbonyl (C=O) groups is 1. The van der Waals surface area contributed by atoms with Crippen molar-refractivity contribution in [3.8, 4) is 5.88 Å². The van der Waals surface area contributed by atoms with Gasteiger partial charge in [0.15, 0.2) is 0 Å². The van der Waals surface area contributed by atoms with Crippen molar-refractivity contribution in [2.45, 2.75) is 19.4 Å². The molecule has 1 fully saturated rings. The zero-order valence-corrected chi connectivity index (χ0v) is 12.7. The maximum atomic E-state index is 12.2. The van der Waals surface area contributed by atoms with Crippen LogP contribution in [-0.4, -0.2) is 29.4 Å². The van der Waals surface area contributed by atoms with E-state index in [1.807, 2.05) is 35.2 Å². The van der Waals surface area contributed by atoms with E-state index in [9.17, 15) is 4.79 Å². The number of nitrogens with zero attached hydrogens (tertiary/aromatic N) is 2. The minimum absolute atomic E-state index is 0.215. The van der Waals surface area contributed by atoms with E-state index >= 15 is 0 Å². The maximum Gasteiger partial charge on any atom is 0.223 e. The second-order valence-corrected chi connectivity index (χ2v) is 5.71. The quantitative estimate of drug-likeness (QED) is 0.852. The van der Waals surface area contributed by atoms with E-state index in [2.05, 4.69) is 17.1 Å². The summed E-state index contributed by atoms with van der Waals surface area (Å²) in [5.74, 6) is 1.20. The molecule has 22 heavy (non-hydrogen) atoms. The maximum absolute atomic E-state index is 12.2. The van der Waals surface area contributed by atoms with E-state index < -0.39 is 0 Å². The summed E-state index contributed by atoms with van der Waals surface area (Å²) < 4.78 is 5.26. The van der Waals surface area contributed by atoms with Gasteiger partial charge in [-0.2, -0.15) is 0 Å². The molecule has 0 radical (unpaired) electrons. The van der Waals surface area contributed by atoms with Gasteiger partial charge in [0.25, 0.3) is 0 Å². The first kappa shape index (κ1) is 14.6. The Labute approximate surface area is 130 Å². The smallest absolute Gasteiger partial charge is 0.223 e. The predicted octanol–water partition coefficient (Wildman–Crippen LogP) is 2.68. The van der Waals surface area contributed by atoms with Gasteiger partial charge in [-0.15, -0.1) is 0 Å². The first-order chi connectivity index (χ1) is 10.8. The van der Waals surface area contributed by atoms with Gasteiger partial charge in [-0.1, -0.05) is 36.4 Å². The van der Waals surface area contributed by atoms with Crippen LogP contribution in [0.1, 0.15) is 17.5 Å². The molecule has 1 atom stereocenters. The Kier molecular flexibility index (Phi) is 4.37. The fourth-order valence-corrected chi connectivity index (χ4v) is 3.02. The Morgan fingerprint density at radius 2 is 2.05 bits per heavy atom. The van der Waals surface area contributed by atoms with E-state index in [1.165, 1.54) is 5.56 Å². The van der Waals surface area contributed by atoms with E-state index in [0.29, 0.717) is 24.8 Å². The van der Waals surface area contributed by atoms with Crippen LogP contribution in [-0.2, 0) is 17.8 Å². The molecule has 1 aliphatic heterocycles. The van der Waals surface area contributed by atoms with Crippen LogP contribution in [0, 0.1) is 5.92 Å². The van der Waals surface area contributed by atoms with E-state index in [-0.39, 0.29) is 5.91 Å². The number of carbonyl (C=O) groups excluding carboxylic acids is 1. The van der Waals surface area contributed by atoms with Crippen LogP contribution in [0.3, 0.4) is 0 Å². The van der Waals surface area contributed by atoms with Gasteiger partial charge < -0.3 is 9.64 Å². The summed E-state index contributed by atoms with van der Waals surface area (Å²) >= 11 is 0. The number of rotatable bonds is 5. The lowest BCUT2D eigenvalue weighted by Gasteiger charge is -2.18. The second kappa shape index (κ2) is 6.60. The van der Waals surface area contributed by atoms with Gasteiger partial charge in [0, 0.05) is 24.7 Å². The molecule has 1 aromatic carbocycles. The summed E-state index contributed by atoms with van der Waals surface area (Å²) in [7, 11) is 1.61. The third kappa shape index (κ3) is 3.27. The van der Waals surface area contributed by atoms with Gasteiger partial charge in [-0.3, -0.25) is 4.79 Å². The Morgan fingerprint density at radius 1 is 1.23 bits per heavy atom. The number of amides is 1. The molecule has 0 aliphatic carbocycles. The van der Waals surface area contributed by atoms with Crippen LogP contribution in [0.5, 0.6) is 5.88 Å². The van der Waals surface area contributed by atoms with Gasteiger partial charge in [0.2, 0.25) is 11.8 Å². The number of hydrogen-bond donors (Lipinski definition) is 0. The first-order valence-corrected chi connectivity index (χ1v) is 7.56. The number of ether oxygens (including phenoxy) is 1. The normalized spacial score (nSPS) is 17.8. The second-order valence-electron chi connectivity index (χ2n) is 5.71. The van der Waals surface area contributed by atoms with E-state index in [0.717, 1.165) is 18.5 Å². The number of aromatic nitrogens is 1. The molecule has 3 rings (SSSR count). The van der Waals surface area contributed by atoms with Crippen LogP contribution < -0.4 is 4.74 Å². The van der Waals surface area contributed by atoms with E-state index in [4.69, 9.17) is 4.74 Å². The lowest BCUT2D eigenvalue weighted by atomic mass is 9.99. The number of hydrogen-bond acceptors (Lipinski definition) is 3. The molecule has 0 unspecified atom stereocenters. The van der Waals surface area contributed by atoms with Gasteiger partial charge in [-0.25, -0.2) is 4.98 Å². The van der Waals surface area contributed by atoms with Crippen molar-refractivity contribution in [2.24, 2.45) is 5.92 Å². The first-order valence-electron chi connectivity index (χ1n) is 7.56. The topological polar surface area (TPSA) is 42.4 Å². The third-order valence-electron chi connectivity index (χ3n) is 4.07. The summed E-state index contributed by atoms with van der Waals surface area (Å²) in [4.78, 5) is 18.3. The Bertz CT molecular complexity index is 643. The number of methoxy groups -OCH3 is 1. The highest BCUT2D eigenvalue weighted by atomic mass is 16.5. The van der Waals surface area contributed by atoms with Gasteiger partial charge >= 0.3 is 0 Å². The third-order valence-corrected chi connectivity index (χ3v) is 4.07. The number of likely N-dealkylation sites (tertiary alicyclic amines) is 1. The SMILES string of the molecule is COc1ncccc1CN1C[C@@H](Cc2ccccc2)CC1=O. The van der Waals surface area contributed by atoms with E-state index in [1.54, 1.807) is 13.3 Å². The Balaban J connectivity index is 1.65. The zero-order chi connectivity index (χ0) is 15.4. The molecular formula is C18H20N2O2. The van der Waals surface area contributed by atoms with Crippen LogP contribution >= 0.6 is 0 Å². The fraction of sp³-hybridized carbons (Fsp3) is 0.333. The minimum atomic E-state index is 0.215. The van der Waals surface area contributed by atoms with Gasteiger partial charge in [0.05, 0.1) is 13.7 Å². The molecule has 1 saturated heterocycles. The van der Waals surface area contributed by atoms with Gasteiger partial charge in [-0.05, 0) is 24.0 Å². The van der Waals surface area contributed by atoms with Crippen molar-refractivity contribution in [1.29, 1.82) is 0 Å². The van der Waals surface area contributed by atoms with Crippen LogP contribution in [0.15, 0.2) is 48.7 Å². The van der Waals surface area contributed by atoms with Crippen LogP contribution in [0.4, 0.5) is 0 Å². The summed E-state index contributed by atoms with van der Waals surface area (Å²) in [5, 5.41) is 0. The Morgan fingerprint density at radius 3 is 2.82 bits per heavy atom. The van der Waals surface area contributed by atoms with Crippen molar-refractivity contribution in [1.82, 2.24) is 9.88 Å². The summed E-state index contributed by atoms with van der Waals surface area (Å²) in [6.45, 7) is 1.37. The molecule has 4 heteroatoms. The zero-order valence-electron chi connectivity index (χ0n) is 12.7. The van der Waals surface area contributed by atoms with Crippen molar-refractivity contribution >= 4 is 5.91 Å². The number of pyridine rings is 1. The molecule has 1 aliphatic rings. The van der Waals surface area contributed by atoms with Crippen molar-refractivity contribution < 1.29 is 9.53 Å². The molecule has 0 saturated carbocycles. The highest BCUT2D eigenvalue weighted by molar-refractivity contribution is 5.78. The van der Waals surface area contributed by atoms with Crippen LogP contribution in [0.25, 0.3) is 0 Å². The minimum Gasteiger partial charge on any atom is -0.481 e. The molecule has 114 valence electrons.